The lowest BCUT2D eigenvalue weighted by Crippen LogP contribution is -2.32. The summed E-state index contributed by atoms with van der Waals surface area (Å²) in [4.78, 5) is 6.20. The summed E-state index contributed by atoms with van der Waals surface area (Å²) in [6, 6.07) is 3.45. The Bertz CT molecular complexity index is 514. The largest absolute Gasteiger partial charge is 0.412 e. The van der Waals surface area contributed by atoms with E-state index in [1.807, 2.05) is 4.90 Å². The van der Waals surface area contributed by atoms with Crippen molar-refractivity contribution >= 4 is 17.4 Å². The van der Waals surface area contributed by atoms with Crippen LogP contribution in [-0.2, 0) is 6.54 Å². The lowest BCUT2D eigenvalue weighted by molar-refractivity contribution is -0.0944. The van der Waals surface area contributed by atoms with Gasteiger partial charge in [-0.3, -0.25) is 0 Å². The van der Waals surface area contributed by atoms with Crippen molar-refractivity contribution in [3.63, 3.8) is 0 Å². The van der Waals surface area contributed by atoms with Crippen LogP contribution in [-0.4, -0.2) is 31.3 Å². The predicted molar refractivity (Wildman–Crippen MR) is 73.0 cm³/mol. The molecule has 0 unspecified atom stereocenters. The summed E-state index contributed by atoms with van der Waals surface area (Å²) < 4.78 is 37.7. The number of halogens is 4. The maximum absolute atomic E-state index is 12.6. The first-order chi connectivity index (χ1) is 9.41. The summed E-state index contributed by atoms with van der Waals surface area (Å²) in [7, 11) is 1.78. The van der Waals surface area contributed by atoms with E-state index in [4.69, 9.17) is 11.6 Å². The maximum Gasteiger partial charge on any atom is 0.412 e. The number of pyridine rings is 1. The third-order valence-electron chi connectivity index (χ3n) is 3.15. The molecule has 0 aliphatic carbocycles. The van der Waals surface area contributed by atoms with Crippen molar-refractivity contribution in [1.29, 1.82) is 0 Å². The van der Waals surface area contributed by atoms with Crippen LogP contribution in [0, 0.1) is 0 Å². The van der Waals surface area contributed by atoms with Crippen molar-refractivity contribution in [2.45, 2.75) is 19.1 Å². The van der Waals surface area contributed by atoms with Crippen LogP contribution in [0.5, 0.6) is 0 Å². The van der Waals surface area contributed by atoms with E-state index < -0.39 is 11.7 Å². The first-order valence-corrected chi connectivity index (χ1v) is 6.61. The molecule has 1 N–H and O–H groups in total. The van der Waals surface area contributed by atoms with Crippen LogP contribution < -0.4 is 10.2 Å². The van der Waals surface area contributed by atoms with Crippen LogP contribution >= 0.6 is 11.6 Å². The molecule has 2 rings (SSSR count). The first-order valence-electron chi connectivity index (χ1n) is 6.23. The van der Waals surface area contributed by atoms with Crippen molar-refractivity contribution in [1.82, 2.24) is 10.3 Å². The van der Waals surface area contributed by atoms with Crippen LogP contribution in [0.15, 0.2) is 23.8 Å². The van der Waals surface area contributed by atoms with Crippen LogP contribution in [0.4, 0.5) is 19.0 Å². The second-order valence-corrected chi connectivity index (χ2v) is 4.96. The highest BCUT2D eigenvalue weighted by Gasteiger charge is 2.34. The topological polar surface area (TPSA) is 28.2 Å². The van der Waals surface area contributed by atoms with Gasteiger partial charge in [-0.05, 0) is 25.6 Å². The number of hydrogen-bond acceptors (Lipinski definition) is 3. The minimum absolute atomic E-state index is 0.0187. The zero-order valence-electron chi connectivity index (χ0n) is 11.0. The molecule has 2 heterocycles. The minimum Gasteiger partial charge on any atom is -0.353 e. The van der Waals surface area contributed by atoms with Crippen molar-refractivity contribution in [3.05, 3.63) is 34.5 Å². The summed E-state index contributed by atoms with van der Waals surface area (Å²) in [5.74, 6) is 0.650. The molecule has 0 spiro atoms. The quantitative estimate of drug-likeness (QED) is 0.870. The van der Waals surface area contributed by atoms with Crippen molar-refractivity contribution in [3.8, 4) is 0 Å². The van der Waals surface area contributed by atoms with Gasteiger partial charge < -0.3 is 10.2 Å². The Hall–Kier alpha value is -1.27. The number of nitrogens with one attached hydrogen (secondary N) is 1. The number of alkyl halides is 3. The molecule has 0 saturated heterocycles. The summed E-state index contributed by atoms with van der Waals surface area (Å²) in [6.07, 6.45) is -3.02. The SMILES string of the molecule is CNCc1nc(N2CC=C(C(F)(F)F)CC2)ccc1Cl. The molecule has 0 atom stereocenters. The molecule has 1 aliphatic rings. The molecule has 1 aromatic heterocycles. The predicted octanol–water partition coefficient (Wildman–Crippen LogP) is 3.15. The molecular formula is C13H15ClF3N3. The van der Waals surface area contributed by atoms with E-state index in [-0.39, 0.29) is 13.0 Å². The van der Waals surface area contributed by atoms with Gasteiger partial charge in [0.05, 0.1) is 10.7 Å². The minimum atomic E-state index is -4.23. The summed E-state index contributed by atoms with van der Waals surface area (Å²) >= 11 is 6.02. The number of anilines is 1. The van der Waals surface area contributed by atoms with Crippen molar-refractivity contribution < 1.29 is 13.2 Å². The second-order valence-electron chi connectivity index (χ2n) is 4.55. The Morgan fingerprint density at radius 2 is 2.15 bits per heavy atom. The van der Waals surface area contributed by atoms with Crippen molar-refractivity contribution in [2.75, 3.05) is 25.0 Å². The van der Waals surface area contributed by atoms with Gasteiger partial charge in [0.25, 0.3) is 0 Å². The Kier molecular flexibility index (Phi) is 4.55. The molecule has 3 nitrogen and oxygen atoms in total. The lowest BCUT2D eigenvalue weighted by atomic mass is 10.1. The Labute approximate surface area is 120 Å². The zero-order valence-corrected chi connectivity index (χ0v) is 11.7. The normalized spacial score (nSPS) is 16.2. The first kappa shape index (κ1) is 15.1. The van der Waals surface area contributed by atoms with Gasteiger partial charge in [-0.25, -0.2) is 4.98 Å². The molecule has 1 aromatic rings. The molecule has 7 heteroatoms. The van der Waals surface area contributed by atoms with Gasteiger partial charge in [-0.15, -0.1) is 0 Å². The van der Waals surface area contributed by atoms with Gasteiger partial charge in [-0.2, -0.15) is 13.2 Å². The highest BCUT2D eigenvalue weighted by molar-refractivity contribution is 6.31. The van der Waals surface area contributed by atoms with E-state index in [9.17, 15) is 13.2 Å². The van der Waals surface area contributed by atoms with Gasteiger partial charge >= 0.3 is 6.18 Å². The molecule has 1 aliphatic heterocycles. The average Bonchev–Trinajstić information content (AvgIpc) is 2.41. The zero-order chi connectivity index (χ0) is 14.8. The van der Waals surface area contributed by atoms with E-state index in [0.717, 1.165) is 0 Å². The number of aromatic nitrogens is 1. The smallest absolute Gasteiger partial charge is 0.353 e. The van der Waals surface area contributed by atoms with Gasteiger partial charge in [0.1, 0.15) is 5.82 Å². The monoisotopic (exact) mass is 305 g/mol. The van der Waals surface area contributed by atoms with E-state index in [0.29, 0.717) is 29.6 Å². The third kappa shape index (κ3) is 3.43. The number of rotatable bonds is 3. The fourth-order valence-electron chi connectivity index (χ4n) is 2.08. The van der Waals surface area contributed by atoms with E-state index >= 15 is 0 Å². The van der Waals surface area contributed by atoms with E-state index in [1.165, 1.54) is 6.08 Å². The van der Waals surface area contributed by atoms with Crippen LogP contribution in [0.25, 0.3) is 0 Å². The van der Waals surface area contributed by atoms with E-state index in [2.05, 4.69) is 10.3 Å². The highest BCUT2D eigenvalue weighted by Crippen LogP contribution is 2.31. The van der Waals surface area contributed by atoms with Crippen LogP contribution in [0.1, 0.15) is 12.1 Å². The number of hydrogen-bond donors (Lipinski definition) is 1. The molecule has 0 fully saturated rings. The summed E-state index contributed by atoms with van der Waals surface area (Å²) in [5.41, 5.74) is 0.232. The van der Waals surface area contributed by atoms with Gasteiger partial charge in [0.15, 0.2) is 0 Å². The summed E-state index contributed by atoms with van der Waals surface area (Å²) in [6.45, 7) is 1.03. The van der Waals surface area contributed by atoms with E-state index in [1.54, 1.807) is 19.2 Å². The van der Waals surface area contributed by atoms with Crippen LogP contribution in [0.2, 0.25) is 5.02 Å². The lowest BCUT2D eigenvalue weighted by Gasteiger charge is -2.28. The Morgan fingerprint density at radius 3 is 2.70 bits per heavy atom. The molecule has 0 saturated carbocycles. The van der Waals surface area contributed by atoms with Gasteiger partial charge in [0, 0.05) is 25.2 Å². The molecular weight excluding hydrogens is 291 g/mol. The number of nitrogens with zero attached hydrogens (tertiary/aromatic N) is 2. The summed E-state index contributed by atoms with van der Waals surface area (Å²) in [5, 5.41) is 3.50. The van der Waals surface area contributed by atoms with Gasteiger partial charge in [0.2, 0.25) is 0 Å². The second kappa shape index (κ2) is 6.01. The molecule has 0 bridgehead atoms. The molecule has 0 aromatic carbocycles. The Balaban J connectivity index is 2.15. The molecule has 110 valence electrons. The third-order valence-corrected chi connectivity index (χ3v) is 3.49. The van der Waals surface area contributed by atoms with Crippen LogP contribution in [0.3, 0.4) is 0 Å². The molecule has 0 amide bonds. The molecule has 0 radical (unpaired) electrons. The standard InChI is InChI=1S/C13H15ClF3N3/c1-18-8-11-10(14)2-3-12(19-11)20-6-4-9(5-7-20)13(15,16)17/h2-4,18H,5-8H2,1H3. The van der Waals surface area contributed by atoms with Gasteiger partial charge in [-0.1, -0.05) is 17.7 Å². The fraction of sp³-hybridized carbons (Fsp3) is 0.462. The highest BCUT2D eigenvalue weighted by atomic mass is 35.5. The maximum atomic E-state index is 12.6. The fourth-order valence-corrected chi connectivity index (χ4v) is 2.25. The molecule has 20 heavy (non-hydrogen) atoms. The Morgan fingerprint density at radius 1 is 1.40 bits per heavy atom. The van der Waals surface area contributed by atoms with Crippen molar-refractivity contribution in [2.24, 2.45) is 0 Å². The average molecular weight is 306 g/mol.